The Kier molecular flexibility index (Phi) is 4.36. The number of aromatic nitrogens is 1. The summed E-state index contributed by atoms with van der Waals surface area (Å²) >= 11 is 0. The van der Waals surface area contributed by atoms with Crippen molar-refractivity contribution in [3.05, 3.63) is 48.5 Å². The molecule has 7 heteroatoms. The van der Waals surface area contributed by atoms with Crippen molar-refractivity contribution in [2.45, 2.75) is 24.8 Å². The van der Waals surface area contributed by atoms with E-state index in [2.05, 4.69) is 4.98 Å². The molecule has 0 amide bonds. The Hall–Kier alpha value is -2.64. The van der Waals surface area contributed by atoms with Crippen molar-refractivity contribution in [2.75, 3.05) is 5.73 Å². The highest BCUT2D eigenvalue weighted by atomic mass is 32.2. The number of nitrogens with zero attached hydrogens (tertiary/aromatic N) is 1. The maximum absolute atomic E-state index is 11.6. The number of ether oxygens (including phenoxy) is 1. The molecule has 0 saturated carbocycles. The van der Waals surface area contributed by atoms with Crippen LogP contribution in [0, 0.1) is 0 Å². The second kappa shape index (κ2) is 6.34. The van der Waals surface area contributed by atoms with E-state index in [4.69, 9.17) is 15.6 Å². The molecule has 0 bridgehead atoms. The monoisotopic (exact) mass is 357 g/mol. The van der Waals surface area contributed by atoms with Gasteiger partial charge in [-0.25, -0.2) is 18.5 Å². The van der Waals surface area contributed by atoms with E-state index in [1.807, 2.05) is 44.2 Å². The molecular formula is C18H19N3O3S. The van der Waals surface area contributed by atoms with Gasteiger partial charge in [0.1, 0.15) is 5.75 Å². The van der Waals surface area contributed by atoms with Gasteiger partial charge in [0, 0.05) is 22.7 Å². The fourth-order valence-electron chi connectivity index (χ4n) is 2.54. The summed E-state index contributed by atoms with van der Waals surface area (Å²) < 4.78 is 28.9. The second-order valence-electron chi connectivity index (χ2n) is 6.05. The van der Waals surface area contributed by atoms with Gasteiger partial charge in [0.25, 0.3) is 0 Å². The number of primary sulfonamides is 1. The average Bonchev–Trinajstić information content (AvgIpc) is 2.52. The van der Waals surface area contributed by atoms with E-state index in [0.717, 1.165) is 16.7 Å². The third kappa shape index (κ3) is 3.89. The van der Waals surface area contributed by atoms with E-state index in [-0.39, 0.29) is 11.0 Å². The van der Waals surface area contributed by atoms with Crippen LogP contribution in [0.3, 0.4) is 0 Å². The van der Waals surface area contributed by atoms with E-state index in [1.54, 1.807) is 6.07 Å². The molecule has 0 unspecified atom stereocenters. The lowest BCUT2D eigenvalue weighted by Gasteiger charge is -2.11. The smallest absolute Gasteiger partial charge is 0.238 e. The number of fused-ring (bicyclic) bond motifs is 1. The van der Waals surface area contributed by atoms with Crippen LogP contribution in [0.4, 0.5) is 5.69 Å². The van der Waals surface area contributed by atoms with Crippen LogP contribution in [0.15, 0.2) is 53.4 Å². The number of rotatable bonds is 4. The van der Waals surface area contributed by atoms with Crippen molar-refractivity contribution < 1.29 is 13.2 Å². The maximum atomic E-state index is 11.6. The Morgan fingerprint density at radius 2 is 1.76 bits per heavy atom. The van der Waals surface area contributed by atoms with Gasteiger partial charge in [0.15, 0.2) is 0 Å². The Labute approximate surface area is 146 Å². The zero-order chi connectivity index (χ0) is 18.2. The molecule has 0 radical (unpaired) electrons. The van der Waals surface area contributed by atoms with Crippen LogP contribution in [0.2, 0.25) is 0 Å². The highest BCUT2D eigenvalue weighted by Gasteiger charge is 2.12. The van der Waals surface area contributed by atoms with Crippen molar-refractivity contribution in [3.63, 3.8) is 0 Å². The number of benzene rings is 2. The molecule has 1 heterocycles. The van der Waals surface area contributed by atoms with Gasteiger partial charge in [0.05, 0.1) is 22.2 Å². The van der Waals surface area contributed by atoms with Gasteiger partial charge in [-0.15, -0.1) is 0 Å². The summed E-state index contributed by atoms with van der Waals surface area (Å²) in [5.74, 6) is 0.727. The first-order valence-electron chi connectivity index (χ1n) is 7.73. The standard InChI is InChI=1S/C18H19N3O3S/c1-11(2)24-15-5-3-12-4-6-17(21-18(12)10-15)13-7-14(19)9-16(8-13)25(20,22)23/h3-11H,19H2,1-2H3,(H2,20,22,23). The number of sulfonamides is 1. The van der Waals surface area contributed by atoms with Crippen LogP contribution < -0.4 is 15.6 Å². The van der Waals surface area contributed by atoms with Crippen LogP contribution >= 0.6 is 0 Å². The minimum Gasteiger partial charge on any atom is -0.491 e. The first kappa shape index (κ1) is 17.2. The molecule has 1 aromatic heterocycles. The van der Waals surface area contributed by atoms with E-state index in [1.165, 1.54) is 12.1 Å². The number of nitrogen functional groups attached to an aromatic ring is 1. The molecule has 3 aromatic rings. The fraction of sp³-hybridized carbons (Fsp3) is 0.167. The lowest BCUT2D eigenvalue weighted by atomic mass is 10.1. The summed E-state index contributed by atoms with van der Waals surface area (Å²) in [5.41, 5.74) is 8.06. The minimum absolute atomic E-state index is 0.0405. The summed E-state index contributed by atoms with van der Waals surface area (Å²) in [7, 11) is -3.85. The molecule has 3 rings (SSSR count). The number of pyridine rings is 1. The van der Waals surface area contributed by atoms with Crippen molar-refractivity contribution >= 4 is 26.6 Å². The van der Waals surface area contributed by atoms with Gasteiger partial charge in [0.2, 0.25) is 10.0 Å². The number of anilines is 1. The average molecular weight is 357 g/mol. The van der Waals surface area contributed by atoms with Crippen molar-refractivity contribution in [1.82, 2.24) is 4.98 Å². The van der Waals surface area contributed by atoms with Gasteiger partial charge in [-0.1, -0.05) is 6.07 Å². The molecular weight excluding hydrogens is 338 g/mol. The van der Waals surface area contributed by atoms with Gasteiger partial charge < -0.3 is 10.5 Å². The van der Waals surface area contributed by atoms with Crippen LogP contribution in [0.5, 0.6) is 5.75 Å². The third-order valence-corrected chi connectivity index (χ3v) is 4.48. The molecule has 4 N–H and O–H groups in total. The van der Waals surface area contributed by atoms with Crippen molar-refractivity contribution in [3.8, 4) is 17.0 Å². The van der Waals surface area contributed by atoms with Gasteiger partial charge in [-0.05, 0) is 50.2 Å². The lowest BCUT2D eigenvalue weighted by Crippen LogP contribution is -2.12. The van der Waals surface area contributed by atoms with Gasteiger partial charge in [-0.2, -0.15) is 0 Å². The van der Waals surface area contributed by atoms with Crippen LogP contribution in [0.1, 0.15) is 13.8 Å². The lowest BCUT2D eigenvalue weighted by molar-refractivity contribution is 0.242. The highest BCUT2D eigenvalue weighted by Crippen LogP contribution is 2.27. The Balaban J connectivity index is 2.11. The number of hydrogen-bond donors (Lipinski definition) is 2. The molecule has 0 spiro atoms. The van der Waals surface area contributed by atoms with Gasteiger partial charge >= 0.3 is 0 Å². The zero-order valence-corrected chi connectivity index (χ0v) is 14.7. The molecule has 0 aliphatic heterocycles. The zero-order valence-electron chi connectivity index (χ0n) is 13.9. The summed E-state index contributed by atoms with van der Waals surface area (Å²) in [6, 6.07) is 13.9. The predicted octanol–water partition coefficient (Wildman–Crippen LogP) is 2.92. The normalized spacial score (nSPS) is 11.8. The van der Waals surface area contributed by atoms with Crippen molar-refractivity contribution in [2.24, 2.45) is 5.14 Å². The van der Waals surface area contributed by atoms with E-state index < -0.39 is 10.0 Å². The summed E-state index contributed by atoms with van der Waals surface area (Å²) in [5, 5.41) is 6.16. The first-order chi connectivity index (χ1) is 11.7. The molecule has 2 aromatic carbocycles. The Bertz CT molecular complexity index is 1050. The molecule has 0 saturated heterocycles. The first-order valence-corrected chi connectivity index (χ1v) is 9.28. The van der Waals surface area contributed by atoms with E-state index in [0.29, 0.717) is 16.9 Å². The topological polar surface area (TPSA) is 108 Å². The molecule has 25 heavy (non-hydrogen) atoms. The number of nitrogens with two attached hydrogens (primary N) is 2. The maximum Gasteiger partial charge on any atom is 0.238 e. The second-order valence-corrected chi connectivity index (χ2v) is 7.61. The van der Waals surface area contributed by atoms with Gasteiger partial charge in [-0.3, -0.25) is 0 Å². The Morgan fingerprint density at radius 1 is 1.04 bits per heavy atom. The molecule has 0 atom stereocenters. The summed E-state index contributed by atoms with van der Waals surface area (Å²) in [6.07, 6.45) is 0.0619. The quantitative estimate of drug-likeness (QED) is 0.698. The van der Waals surface area contributed by atoms with Crippen molar-refractivity contribution in [1.29, 1.82) is 0 Å². The fourth-order valence-corrected chi connectivity index (χ4v) is 3.13. The van der Waals surface area contributed by atoms with Crippen LogP contribution in [0.25, 0.3) is 22.2 Å². The van der Waals surface area contributed by atoms with E-state index >= 15 is 0 Å². The molecule has 6 nitrogen and oxygen atoms in total. The minimum atomic E-state index is -3.85. The largest absolute Gasteiger partial charge is 0.491 e. The third-order valence-electron chi connectivity index (χ3n) is 3.59. The molecule has 0 aliphatic carbocycles. The van der Waals surface area contributed by atoms with Crippen LogP contribution in [-0.4, -0.2) is 19.5 Å². The summed E-state index contributed by atoms with van der Waals surface area (Å²) in [6.45, 7) is 3.91. The van der Waals surface area contributed by atoms with E-state index in [9.17, 15) is 8.42 Å². The molecule has 0 fully saturated rings. The number of hydrogen-bond acceptors (Lipinski definition) is 5. The molecule has 0 aliphatic rings. The predicted molar refractivity (Wildman–Crippen MR) is 98.7 cm³/mol. The SMILES string of the molecule is CC(C)Oc1ccc2ccc(-c3cc(N)cc(S(N)(=O)=O)c3)nc2c1. The van der Waals surface area contributed by atoms with Crippen LogP contribution in [-0.2, 0) is 10.0 Å². The summed E-state index contributed by atoms with van der Waals surface area (Å²) in [4.78, 5) is 4.57. The molecule has 130 valence electrons. The Morgan fingerprint density at radius 3 is 2.44 bits per heavy atom. The highest BCUT2D eigenvalue weighted by molar-refractivity contribution is 7.89.